The molecule has 0 aliphatic heterocycles. The van der Waals surface area contributed by atoms with E-state index in [0.29, 0.717) is 12.0 Å². The molecule has 1 aromatic heterocycles. The summed E-state index contributed by atoms with van der Waals surface area (Å²) in [5, 5.41) is 4.06. The van der Waals surface area contributed by atoms with Gasteiger partial charge in [0.05, 0.1) is 0 Å². The highest BCUT2D eigenvalue weighted by Crippen LogP contribution is 2.35. The Balaban J connectivity index is 2.08. The molecule has 1 aliphatic carbocycles. The topological polar surface area (TPSA) is 90.0 Å². The summed E-state index contributed by atoms with van der Waals surface area (Å²) in [6.07, 6.45) is 6.21. The molecule has 0 atom stereocenters. The third-order valence-corrected chi connectivity index (χ3v) is 5.70. The second kappa shape index (κ2) is 5.96. The number of nitrogens with one attached hydrogen (secondary N) is 1. The summed E-state index contributed by atoms with van der Waals surface area (Å²) in [5.41, 5.74) is 6.07. The van der Waals surface area contributed by atoms with Gasteiger partial charge in [0.25, 0.3) is 0 Å². The molecule has 1 fully saturated rings. The molecule has 120 valence electrons. The summed E-state index contributed by atoms with van der Waals surface area (Å²) in [5.74, 6) is 0.0760. The standard InChI is InChI=1S/C14H26N4O2S/c1-4-9-18-10-12(13(15)16-18)21(19,20)17-11-5-7-14(2,3)8-6-11/h10-11,17H,4-9H2,1-3H3,(H2,15,16). The number of aryl methyl sites for hydroxylation is 1. The largest absolute Gasteiger partial charge is 0.381 e. The van der Waals surface area contributed by atoms with Gasteiger partial charge in [-0.05, 0) is 37.5 Å². The summed E-state index contributed by atoms with van der Waals surface area (Å²) < 4.78 is 29.3. The number of rotatable bonds is 5. The second-order valence-corrected chi connectivity index (χ2v) is 8.38. The lowest BCUT2D eigenvalue weighted by atomic mass is 9.76. The maximum absolute atomic E-state index is 12.5. The molecule has 1 saturated carbocycles. The van der Waals surface area contributed by atoms with Gasteiger partial charge in [0.1, 0.15) is 4.90 Å². The van der Waals surface area contributed by atoms with Crippen molar-refractivity contribution in [1.82, 2.24) is 14.5 Å². The van der Waals surface area contributed by atoms with E-state index >= 15 is 0 Å². The Morgan fingerprint density at radius 3 is 2.62 bits per heavy atom. The van der Waals surface area contributed by atoms with Crippen LogP contribution in [0.15, 0.2) is 11.1 Å². The molecule has 0 unspecified atom stereocenters. The van der Waals surface area contributed by atoms with Gasteiger partial charge in [-0.1, -0.05) is 20.8 Å². The van der Waals surface area contributed by atoms with Gasteiger partial charge in [-0.15, -0.1) is 0 Å². The molecule has 21 heavy (non-hydrogen) atoms. The van der Waals surface area contributed by atoms with Crippen LogP contribution in [-0.4, -0.2) is 24.2 Å². The van der Waals surface area contributed by atoms with E-state index in [4.69, 9.17) is 5.73 Å². The number of nitrogen functional groups attached to an aromatic ring is 1. The van der Waals surface area contributed by atoms with E-state index in [9.17, 15) is 8.42 Å². The van der Waals surface area contributed by atoms with Crippen LogP contribution < -0.4 is 10.5 Å². The first kappa shape index (κ1) is 16.3. The SMILES string of the molecule is CCCn1cc(S(=O)(=O)NC2CCC(C)(C)CC2)c(N)n1. The molecular weight excluding hydrogens is 288 g/mol. The van der Waals surface area contributed by atoms with Gasteiger partial charge < -0.3 is 5.73 Å². The lowest BCUT2D eigenvalue weighted by Gasteiger charge is -2.34. The van der Waals surface area contributed by atoms with Crippen molar-refractivity contribution in [1.29, 1.82) is 0 Å². The van der Waals surface area contributed by atoms with Gasteiger partial charge in [-0.25, -0.2) is 13.1 Å². The highest BCUT2D eigenvalue weighted by Gasteiger charge is 2.31. The van der Waals surface area contributed by atoms with Crippen LogP contribution in [0.25, 0.3) is 0 Å². The highest BCUT2D eigenvalue weighted by atomic mass is 32.2. The fraction of sp³-hybridized carbons (Fsp3) is 0.786. The normalized spacial score (nSPS) is 19.8. The summed E-state index contributed by atoms with van der Waals surface area (Å²) in [6, 6.07) is -0.00282. The summed E-state index contributed by atoms with van der Waals surface area (Å²) >= 11 is 0. The zero-order valence-corrected chi connectivity index (χ0v) is 13.9. The third-order valence-electron chi connectivity index (χ3n) is 4.16. The minimum absolute atomic E-state index is 0.00282. The molecule has 0 saturated heterocycles. The molecule has 3 N–H and O–H groups in total. The van der Waals surface area contributed by atoms with Crippen molar-refractivity contribution in [3.63, 3.8) is 0 Å². The van der Waals surface area contributed by atoms with Crippen molar-refractivity contribution in [2.75, 3.05) is 5.73 Å². The fourth-order valence-electron chi connectivity index (χ4n) is 2.77. The molecule has 0 aromatic carbocycles. The Kier molecular flexibility index (Phi) is 4.63. The predicted octanol–water partition coefficient (Wildman–Crippen LogP) is 2.12. The van der Waals surface area contributed by atoms with Gasteiger partial charge in [0.2, 0.25) is 10.0 Å². The summed E-state index contributed by atoms with van der Waals surface area (Å²) in [4.78, 5) is 0.0979. The molecule has 0 spiro atoms. The first-order valence-electron chi connectivity index (χ1n) is 7.59. The lowest BCUT2D eigenvalue weighted by Crippen LogP contribution is -2.39. The van der Waals surface area contributed by atoms with Crippen molar-refractivity contribution in [2.24, 2.45) is 5.41 Å². The van der Waals surface area contributed by atoms with Crippen LogP contribution >= 0.6 is 0 Å². The van der Waals surface area contributed by atoms with Gasteiger partial charge >= 0.3 is 0 Å². The van der Waals surface area contributed by atoms with E-state index in [-0.39, 0.29) is 16.8 Å². The Labute approximate surface area is 127 Å². The zero-order valence-electron chi connectivity index (χ0n) is 13.1. The predicted molar refractivity (Wildman–Crippen MR) is 83.3 cm³/mol. The minimum Gasteiger partial charge on any atom is -0.381 e. The first-order chi connectivity index (χ1) is 9.73. The minimum atomic E-state index is -3.58. The Bertz CT molecular complexity index is 582. The van der Waals surface area contributed by atoms with E-state index in [2.05, 4.69) is 23.7 Å². The number of sulfonamides is 1. The summed E-state index contributed by atoms with van der Waals surface area (Å²) in [7, 11) is -3.58. The fourth-order valence-corrected chi connectivity index (χ4v) is 4.15. The third kappa shape index (κ3) is 3.97. The number of hydrogen-bond donors (Lipinski definition) is 2. The van der Waals surface area contributed by atoms with Crippen LogP contribution in [0.5, 0.6) is 0 Å². The molecule has 6 nitrogen and oxygen atoms in total. The van der Waals surface area contributed by atoms with E-state index in [1.54, 1.807) is 4.68 Å². The molecule has 0 amide bonds. The van der Waals surface area contributed by atoms with Crippen molar-refractivity contribution >= 4 is 15.8 Å². The number of nitrogens with two attached hydrogens (primary N) is 1. The molecule has 0 bridgehead atoms. The number of aromatic nitrogens is 2. The molecule has 2 rings (SSSR count). The Morgan fingerprint density at radius 1 is 1.43 bits per heavy atom. The molecule has 1 heterocycles. The van der Waals surface area contributed by atoms with Gasteiger partial charge in [-0.2, -0.15) is 5.10 Å². The van der Waals surface area contributed by atoms with E-state index in [0.717, 1.165) is 32.1 Å². The van der Waals surface area contributed by atoms with Crippen molar-refractivity contribution in [2.45, 2.75) is 70.4 Å². The van der Waals surface area contributed by atoms with Gasteiger partial charge in [0, 0.05) is 18.8 Å². The van der Waals surface area contributed by atoms with Crippen molar-refractivity contribution in [3.05, 3.63) is 6.20 Å². The average molecular weight is 314 g/mol. The molecule has 1 aromatic rings. The average Bonchev–Trinajstić information content (AvgIpc) is 2.74. The smallest absolute Gasteiger partial charge is 0.246 e. The Hall–Kier alpha value is -1.08. The van der Waals surface area contributed by atoms with E-state index in [1.165, 1.54) is 6.20 Å². The zero-order chi connectivity index (χ0) is 15.7. The number of hydrogen-bond acceptors (Lipinski definition) is 4. The van der Waals surface area contributed by atoms with E-state index in [1.807, 2.05) is 6.92 Å². The maximum atomic E-state index is 12.5. The van der Waals surface area contributed by atoms with Crippen molar-refractivity contribution in [3.8, 4) is 0 Å². The van der Waals surface area contributed by atoms with E-state index < -0.39 is 10.0 Å². The van der Waals surface area contributed by atoms with Crippen LogP contribution in [0.2, 0.25) is 0 Å². The molecule has 0 radical (unpaired) electrons. The Morgan fingerprint density at radius 2 is 2.05 bits per heavy atom. The molecule has 1 aliphatic rings. The van der Waals surface area contributed by atoms with Crippen molar-refractivity contribution < 1.29 is 8.42 Å². The number of anilines is 1. The quantitative estimate of drug-likeness (QED) is 0.871. The van der Waals surface area contributed by atoms with Gasteiger partial charge in [0.15, 0.2) is 5.82 Å². The van der Waals surface area contributed by atoms with Crippen LogP contribution in [-0.2, 0) is 16.6 Å². The number of nitrogens with zero attached hydrogens (tertiary/aromatic N) is 2. The summed E-state index contributed by atoms with van der Waals surface area (Å²) in [6.45, 7) is 7.13. The maximum Gasteiger partial charge on any atom is 0.246 e. The molecular formula is C14H26N4O2S. The van der Waals surface area contributed by atoms with Crippen LogP contribution in [0.1, 0.15) is 52.9 Å². The monoisotopic (exact) mass is 314 g/mol. The van der Waals surface area contributed by atoms with Gasteiger partial charge in [-0.3, -0.25) is 4.68 Å². The molecule has 7 heteroatoms. The van der Waals surface area contributed by atoms with Crippen LogP contribution in [0, 0.1) is 5.41 Å². The first-order valence-corrected chi connectivity index (χ1v) is 9.07. The van der Waals surface area contributed by atoms with Crippen LogP contribution in [0.3, 0.4) is 0 Å². The van der Waals surface area contributed by atoms with Crippen LogP contribution in [0.4, 0.5) is 5.82 Å². The second-order valence-electron chi connectivity index (χ2n) is 6.70. The lowest BCUT2D eigenvalue weighted by molar-refractivity contribution is 0.218. The highest BCUT2D eigenvalue weighted by molar-refractivity contribution is 7.89.